The molecule has 0 saturated carbocycles. The predicted octanol–water partition coefficient (Wildman–Crippen LogP) is 1.22. The highest BCUT2D eigenvalue weighted by molar-refractivity contribution is 5.50. The summed E-state index contributed by atoms with van der Waals surface area (Å²) in [5, 5.41) is 3.45. The van der Waals surface area contributed by atoms with Gasteiger partial charge in [0.05, 0.1) is 19.3 Å². The van der Waals surface area contributed by atoms with Gasteiger partial charge in [0.2, 0.25) is 0 Å². The average Bonchev–Trinajstić information content (AvgIpc) is 2.78. The zero-order chi connectivity index (χ0) is 11.4. The van der Waals surface area contributed by atoms with E-state index in [9.17, 15) is 0 Å². The highest BCUT2D eigenvalue weighted by Crippen LogP contribution is 2.25. The first-order chi connectivity index (χ1) is 7.78. The first-order valence-corrected chi connectivity index (χ1v) is 5.48. The molecular formula is C12H18N2O2. The van der Waals surface area contributed by atoms with E-state index in [1.807, 2.05) is 24.3 Å². The lowest BCUT2D eigenvalue weighted by Crippen LogP contribution is -2.46. The van der Waals surface area contributed by atoms with Gasteiger partial charge in [0.1, 0.15) is 5.75 Å². The summed E-state index contributed by atoms with van der Waals surface area (Å²) in [4.78, 5) is 0. The van der Waals surface area contributed by atoms with Crippen LogP contribution in [0.3, 0.4) is 0 Å². The Morgan fingerprint density at radius 3 is 3.06 bits per heavy atom. The number of methoxy groups -OCH3 is 1. The number of ether oxygens (including phenoxy) is 2. The van der Waals surface area contributed by atoms with E-state index in [-0.39, 0.29) is 5.54 Å². The van der Waals surface area contributed by atoms with Crippen molar-refractivity contribution >= 4 is 5.69 Å². The van der Waals surface area contributed by atoms with Crippen LogP contribution in [0.15, 0.2) is 24.3 Å². The van der Waals surface area contributed by atoms with Crippen LogP contribution in [0.5, 0.6) is 5.75 Å². The molecule has 1 unspecified atom stereocenters. The number of nitrogens with one attached hydrogen (secondary N) is 1. The normalized spacial score (nSPS) is 24.4. The molecule has 0 spiro atoms. The average molecular weight is 222 g/mol. The van der Waals surface area contributed by atoms with E-state index in [2.05, 4.69) is 5.32 Å². The summed E-state index contributed by atoms with van der Waals surface area (Å²) >= 11 is 0. The Kier molecular flexibility index (Phi) is 3.31. The lowest BCUT2D eigenvalue weighted by Gasteiger charge is -2.28. The van der Waals surface area contributed by atoms with E-state index < -0.39 is 0 Å². The van der Waals surface area contributed by atoms with Crippen molar-refractivity contribution in [1.29, 1.82) is 0 Å². The first-order valence-electron chi connectivity index (χ1n) is 5.48. The lowest BCUT2D eigenvalue weighted by molar-refractivity contribution is 0.183. The second-order valence-corrected chi connectivity index (χ2v) is 4.14. The smallest absolute Gasteiger partial charge is 0.120 e. The molecule has 0 amide bonds. The predicted molar refractivity (Wildman–Crippen MR) is 63.8 cm³/mol. The molecule has 1 aliphatic heterocycles. The number of benzene rings is 1. The minimum absolute atomic E-state index is 0.119. The number of hydrogen-bond acceptors (Lipinski definition) is 4. The van der Waals surface area contributed by atoms with E-state index in [1.54, 1.807) is 7.11 Å². The maximum Gasteiger partial charge on any atom is 0.120 e. The van der Waals surface area contributed by atoms with E-state index in [1.165, 1.54) is 0 Å². The molecule has 1 saturated heterocycles. The largest absolute Gasteiger partial charge is 0.497 e. The lowest BCUT2D eigenvalue weighted by atomic mass is 9.98. The minimum Gasteiger partial charge on any atom is -0.497 e. The second kappa shape index (κ2) is 4.72. The van der Waals surface area contributed by atoms with Gasteiger partial charge >= 0.3 is 0 Å². The van der Waals surface area contributed by atoms with Crippen molar-refractivity contribution in [3.8, 4) is 5.75 Å². The maximum atomic E-state index is 5.81. The van der Waals surface area contributed by atoms with Crippen molar-refractivity contribution in [2.45, 2.75) is 12.0 Å². The Morgan fingerprint density at radius 1 is 1.56 bits per heavy atom. The van der Waals surface area contributed by atoms with Crippen LogP contribution in [-0.4, -0.2) is 32.4 Å². The Balaban J connectivity index is 2.12. The monoisotopic (exact) mass is 222 g/mol. The van der Waals surface area contributed by atoms with Crippen molar-refractivity contribution < 1.29 is 9.47 Å². The molecule has 0 aliphatic carbocycles. The topological polar surface area (TPSA) is 56.5 Å². The molecule has 0 radical (unpaired) electrons. The molecule has 1 aromatic rings. The fourth-order valence-corrected chi connectivity index (χ4v) is 1.92. The first kappa shape index (κ1) is 11.2. The van der Waals surface area contributed by atoms with Crippen LogP contribution in [0, 0.1) is 0 Å². The number of hydrogen-bond donors (Lipinski definition) is 2. The molecule has 1 aromatic carbocycles. The van der Waals surface area contributed by atoms with Crippen LogP contribution < -0.4 is 15.8 Å². The second-order valence-electron chi connectivity index (χ2n) is 4.14. The van der Waals surface area contributed by atoms with Crippen molar-refractivity contribution in [1.82, 2.24) is 0 Å². The number of anilines is 1. The number of nitrogens with two attached hydrogens (primary N) is 1. The van der Waals surface area contributed by atoms with Gasteiger partial charge in [0.25, 0.3) is 0 Å². The van der Waals surface area contributed by atoms with E-state index in [0.717, 1.165) is 24.5 Å². The molecule has 1 heterocycles. The Hall–Kier alpha value is -1.26. The number of rotatable bonds is 4. The summed E-state index contributed by atoms with van der Waals surface area (Å²) in [5.74, 6) is 0.844. The van der Waals surface area contributed by atoms with Crippen molar-refractivity contribution in [2.24, 2.45) is 5.73 Å². The molecule has 4 nitrogen and oxygen atoms in total. The highest BCUT2D eigenvalue weighted by Gasteiger charge is 2.33. The fraction of sp³-hybridized carbons (Fsp3) is 0.500. The van der Waals surface area contributed by atoms with Crippen LogP contribution in [0.1, 0.15) is 6.42 Å². The molecule has 88 valence electrons. The third-order valence-electron chi connectivity index (χ3n) is 2.97. The van der Waals surface area contributed by atoms with E-state index in [0.29, 0.717) is 13.2 Å². The summed E-state index contributed by atoms with van der Waals surface area (Å²) in [5.41, 5.74) is 6.72. The van der Waals surface area contributed by atoms with Gasteiger partial charge in [-0.2, -0.15) is 0 Å². The van der Waals surface area contributed by atoms with Crippen LogP contribution in [0.25, 0.3) is 0 Å². The van der Waals surface area contributed by atoms with Gasteiger partial charge in [-0.05, 0) is 18.6 Å². The van der Waals surface area contributed by atoms with E-state index in [4.69, 9.17) is 15.2 Å². The third kappa shape index (κ3) is 2.28. The summed E-state index contributed by atoms with van der Waals surface area (Å²) in [6.45, 7) is 2.01. The summed E-state index contributed by atoms with van der Waals surface area (Å²) < 4.78 is 10.6. The van der Waals surface area contributed by atoms with Gasteiger partial charge in [-0.3, -0.25) is 0 Å². The van der Waals surface area contributed by atoms with Crippen LogP contribution in [0.4, 0.5) is 5.69 Å². The quantitative estimate of drug-likeness (QED) is 0.804. The molecule has 4 heteroatoms. The molecule has 16 heavy (non-hydrogen) atoms. The summed E-state index contributed by atoms with van der Waals surface area (Å²) in [6, 6.07) is 7.86. The zero-order valence-electron chi connectivity index (χ0n) is 9.53. The molecule has 1 aliphatic rings. The van der Waals surface area contributed by atoms with Crippen LogP contribution in [0.2, 0.25) is 0 Å². The van der Waals surface area contributed by atoms with Crippen LogP contribution >= 0.6 is 0 Å². The summed E-state index contributed by atoms with van der Waals surface area (Å²) in [6.07, 6.45) is 0.945. The molecule has 2 rings (SSSR count). The SMILES string of the molecule is COc1cccc(NC2(CN)CCOC2)c1. The van der Waals surface area contributed by atoms with Crippen molar-refractivity contribution in [3.63, 3.8) is 0 Å². The Bertz CT molecular complexity index is 349. The highest BCUT2D eigenvalue weighted by atomic mass is 16.5. The van der Waals surface area contributed by atoms with Gasteiger partial charge in [0, 0.05) is 24.9 Å². The third-order valence-corrected chi connectivity index (χ3v) is 2.97. The maximum absolute atomic E-state index is 5.81. The molecule has 1 atom stereocenters. The standard InChI is InChI=1S/C12H18N2O2/c1-15-11-4-2-3-10(7-11)14-12(8-13)5-6-16-9-12/h2-4,7,14H,5-6,8-9,13H2,1H3. The zero-order valence-corrected chi connectivity index (χ0v) is 9.53. The van der Waals surface area contributed by atoms with Crippen LogP contribution in [-0.2, 0) is 4.74 Å². The minimum atomic E-state index is -0.119. The van der Waals surface area contributed by atoms with Gasteiger partial charge in [-0.25, -0.2) is 0 Å². The molecular weight excluding hydrogens is 204 g/mol. The fourth-order valence-electron chi connectivity index (χ4n) is 1.92. The molecule has 3 N–H and O–H groups in total. The van der Waals surface area contributed by atoms with Crippen molar-refractivity contribution in [3.05, 3.63) is 24.3 Å². The molecule has 0 bridgehead atoms. The van der Waals surface area contributed by atoms with Gasteiger partial charge < -0.3 is 20.5 Å². The molecule has 1 fully saturated rings. The summed E-state index contributed by atoms with van der Waals surface area (Å²) in [7, 11) is 1.66. The van der Waals surface area contributed by atoms with Gasteiger partial charge in [0.15, 0.2) is 0 Å². The Morgan fingerprint density at radius 2 is 2.44 bits per heavy atom. The van der Waals surface area contributed by atoms with E-state index >= 15 is 0 Å². The Labute approximate surface area is 95.7 Å². The van der Waals surface area contributed by atoms with Gasteiger partial charge in [-0.15, -0.1) is 0 Å². The van der Waals surface area contributed by atoms with Gasteiger partial charge in [-0.1, -0.05) is 6.07 Å². The molecule has 0 aromatic heterocycles. The van der Waals surface area contributed by atoms with Crippen molar-refractivity contribution in [2.75, 3.05) is 32.2 Å².